The van der Waals surface area contributed by atoms with Gasteiger partial charge < -0.3 is 14.5 Å². The summed E-state index contributed by atoms with van der Waals surface area (Å²) in [5.41, 5.74) is 2.59. The van der Waals surface area contributed by atoms with Crippen molar-refractivity contribution in [1.82, 2.24) is 15.1 Å². The molecule has 4 rings (SSSR count). The summed E-state index contributed by atoms with van der Waals surface area (Å²) in [5.74, 6) is 0.878. The number of amides is 1. The SMILES string of the molecule is CCOc1ccc(/C=C(/C(=O)N2CCN(c3nnc(C)s3)CC2)c2ccccc2)cc1. The molecule has 160 valence electrons. The standard InChI is InChI=1S/C24H26N4O2S/c1-3-30-21-11-9-19(10-12-21)17-22(20-7-5-4-6-8-20)23(29)27-13-15-28(16-14-27)24-26-25-18(2)31-24/h4-12,17H,3,13-16H2,1-2H3/b22-17+. The Balaban J connectivity index is 1.54. The minimum absolute atomic E-state index is 0.0492. The van der Waals surface area contributed by atoms with E-state index in [9.17, 15) is 4.79 Å². The van der Waals surface area contributed by atoms with Crippen LogP contribution in [0, 0.1) is 6.92 Å². The lowest BCUT2D eigenvalue weighted by molar-refractivity contribution is -0.125. The van der Waals surface area contributed by atoms with Gasteiger partial charge in [-0.2, -0.15) is 0 Å². The van der Waals surface area contributed by atoms with Crippen LogP contribution in [-0.4, -0.2) is 53.8 Å². The number of rotatable bonds is 6. The van der Waals surface area contributed by atoms with Crippen LogP contribution in [0.5, 0.6) is 5.75 Å². The molecule has 1 aliphatic heterocycles. The molecule has 31 heavy (non-hydrogen) atoms. The van der Waals surface area contributed by atoms with Crippen LogP contribution < -0.4 is 9.64 Å². The molecule has 0 saturated carbocycles. The quantitative estimate of drug-likeness (QED) is 0.431. The third-order valence-electron chi connectivity index (χ3n) is 5.17. The van der Waals surface area contributed by atoms with Crippen LogP contribution in [0.1, 0.15) is 23.1 Å². The molecule has 0 atom stereocenters. The van der Waals surface area contributed by atoms with Crippen LogP contribution in [0.3, 0.4) is 0 Å². The molecule has 1 fully saturated rings. The number of ether oxygens (including phenoxy) is 1. The second-order valence-electron chi connectivity index (χ2n) is 7.31. The van der Waals surface area contributed by atoms with E-state index in [1.54, 1.807) is 11.3 Å². The Kier molecular flexibility index (Phi) is 6.62. The van der Waals surface area contributed by atoms with Crippen LogP contribution >= 0.6 is 11.3 Å². The molecule has 0 spiro atoms. The van der Waals surface area contributed by atoms with E-state index in [1.807, 2.05) is 79.4 Å². The van der Waals surface area contributed by atoms with Gasteiger partial charge in [-0.25, -0.2) is 0 Å². The molecule has 6 nitrogen and oxygen atoms in total. The van der Waals surface area contributed by atoms with Crippen molar-refractivity contribution in [3.63, 3.8) is 0 Å². The zero-order valence-corrected chi connectivity index (χ0v) is 18.6. The fourth-order valence-corrected chi connectivity index (χ4v) is 4.30. The summed E-state index contributed by atoms with van der Waals surface area (Å²) in [7, 11) is 0. The molecule has 0 aliphatic carbocycles. The molecule has 7 heteroatoms. The Labute approximate surface area is 186 Å². The predicted octanol–water partition coefficient (Wildman–Crippen LogP) is 4.13. The highest BCUT2D eigenvalue weighted by atomic mass is 32.1. The largest absolute Gasteiger partial charge is 0.494 e. The van der Waals surface area contributed by atoms with E-state index in [0.29, 0.717) is 25.3 Å². The van der Waals surface area contributed by atoms with Gasteiger partial charge in [0.1, 0.15) is 10.8 Å². The molecule has 1 aliphatic rings. The Bertz CT molecular complexity index is 1040. The number of carbonyl (C=O) groups is 1. The Morgan fingerprint density at radius 1 is 1.03 bits per heavy atom. The van der Waals surface area contributed by atoms with Crippen molar-refractivity contribution in [1.29, 1.82) is 0 Å². The molecule has 0 bridgehead atoms. The third-order valence-corrected chi connectivity index (χ3v) is 6.07. The van der Waals surface area contributed by atoms with Crippen LogP contribution in [0.4, 0.5) is 5.13 Å². The fourth-order valence-electron chi connectivity index (χ4n) is 3.56. The highest BCUT2D eigenvalue weighted by Gasteiger charge is 2.25. The van der Waals surface area contributed by atoms with E-state index in [2.05, 4.69) is 15.1 Å². The number of piperazine rings is 1. The number of carbonyl (C=O) groups excluding carboxylic acids is 1. The minimum atomic E-state index is 0.0492. The lowest BCUT2D eigenvalue weighted by atomic mass is 10.0. The molecule has 0 N–H and O–H groups in total. The number of aromatic nitrogens is 2. The summed E-state index contributed by atoms with van der Waals surface area (Å²) in [6.45, 7) is 7.38. The van der Waals surface area contributed by atoms with Crippen LogP contribution in [0.2, 0.25) is 0 Å². The van der Waals surface area contributed by atoms with Crippen LogP contribution in [0.25, 0.3) is 11.6 Å². The van der Waals surface area contributed by atoms with Gasteiger partial charge in [-0.3, -0.25) is 4.79 Å². The van der Waals surface area contributed by atoms with Crippen molar-refractivity contribution in [3.8, 4) is 5.75 Å². The van der Waals surface area contributed by atoms with Crippen LogP contribution in [0.15, 0.2) is 54.6 Å². The molecule has 0 unspecified atom stereocenters. The summed E-state index contributed by atoms with van der Waals surface area (Å²) in [6, 6.07) is 17.7. The van der Waals surface area contributed by atoms with E-state index in [4.69, 9.17) is 4.74 Å². The molecular weight excluding hydrogens is 408 g/mol. The van der Waals surface area contributed by atoms with Crippen molar-refractivity contribution in [2.45, 2.75) is 13.8 Å². The van der Waals surface area contributed by atoms with Gasteiger partial charge in [0.25, 0.3) is 5.91 Å². The van der Waals surface area contributed by atoms with Gasteiger partial charge >= 0.3 is 0 Å². The molecule has 2 aromatic carbocycles. The molecule has 2 heterocycles. The molecule has 3 aromatic rings. The molecule has 1 aromatic heterocycles. The van der Waals surface area contributed by atoms with Gasteiger partial charge in [-0.15, -0.1) is 10.2 Å². The number of nitrogens with zero attached hydrogens (tertiary/aromatic N) is 4. The number of hydrogen-bond acceptors (Lipinski definition) is 6. The normalized spacial score (nSPS) is 14.6. The first-order valence-electron chi connectivity index (χ1n) is 10.5. The third kappa shape index (κ3) is 5.11. The first-order valence-corrected chi connectivity index (χ1v) is 11.3. The Morgan fingerprint density at radius 3 is 2.35 bits per heavy atom. The Morgan fingerprint density at radius 2 is 1.74 bits per heavy atom. The number of hydrogen-bond donors (Lipinski definition) is 0. The summed E-state index contributed by atoms with van der Waals surface area (Å²) in [5, 5.41) is 10.2. The number of aryl methyl sites for hydroxylation is 1. The lowest BCUT2D eigenvalue weighted by Crippen LogP contribution is -2.49. The van der Waals surface area contributed by atoms with Gasteiger partial charge in [0.2, 0.25) is 5.13 Å². The summed E-state index contributed by atoms with van der Waals surface area (Å²) < 4.78 is 5.53. The van der Waals surface area contributed by atoms with Crippen molar-refractivity contribution in [2.75, 3.05) is 37.7 Å². The maximum atomic E-state index is 13.5. The average Bonchev–Trinajstić information content (AvgIpc) is 3.25. The maximum absolute atomic E-state index is 13.5. The van der Waals surface area contributed by atoms with E-state index in [-0.39, 0.29) is 5.91 Å². The maximum Gasteiger partial charge on any atom is 0.254 e. The average molecular weight is 435 g/mol. The first-order chi connectivity index (χ1) is 15.1. The highest BCUT2D eigenvalue weighted by Crippen LogP contribution is 2.25. The molecular formula is C24H26N4O2S. The van der Waals surface area contributed by atoms with E-state index in [0.717, 1.165) is 40.1 Å². The second kappa shape index (κ2) is 9.75. The monoisotopic (exact) mass is 434 g/mol. The highest BCUT2D eigenvalue weighted by molar-refractivity contribution is 7.15. The summed E-state index contributed by atoms with van der Waals surface area (Å²) >= 11 is 1.59. The van der Waals surface area contributed by atoms with Gasteiger partial charge in [0.15, 0.2) is 0 Å². The molecule has 1 saturated heterocycles. The van der Waals surface area contributed by atoms with Crippen molar-refractivity contribution >= 4 is 34.0 Å². The number of benzene rings is 2. The van der Waals surface area contributed by atoms with Crippen LogP contribution in [-0.2, 0) is 4.79 Å². The van der Waals surface area contributed by atoms with Crippen molar-refractivity contribution in [2.24, 2.45) is 0 Å². The fraction of sp³-hybridized carbons (Fsp3) is 0.292. The topological polar surface area (TPSA) is 58.6 Å². The smallest absolute Gasteiger partial charge is 0.254 e. The lowest BCUT2D eigenvalue weighted by Gasteiger charge is -2.34. The Hall–Kier alpha value is -3.19. The van der Waals surface area contributed by atoms with Gasteiger partial charge in [0, 0.05) is 31.8 Å². The van der Waals surface area contributed by atoms with Crippen molar-refractivity contribution in [3.05, 3.63) is 70.7 Å². The van der Waals surface area contributed by atoms with Gasteiger partial charge in [-0.1, -0.05) is 53.8 Å². The molecule has 1 amide bonds. The summed E-state index contributed by atoms with van der Waals surface area (Å²) in [4.78, 5) is 17.6. The van der Waals surface area contributed by atoms with Gasteiger partial charge in [-0.05, 0) is 43.2 Å². The first kappa shape index (κ1) is 21.1. The summed E-state index contributed by atoms with van der Waals surface area (Å²) in [6.07, 6.45) is 1.97. The molecule has 0 radical (unpaired) electrons. The number of anilines is 1. The zero-order chi connectivity index (χ0) is 21.6. The second-order valence-corrected chi connectivity index (χ2v) is 8.47. The van der Waals surface area contributed by atoms with E-state index in [1.165, 1.54) is 0 Å². The van der Waals surface area contributed by atoms with Crippen molar-refractivity contribution < 1.29 is 9.53 Å². The van der Waals surface area contributed by atoms with E-state index < -0.39 is 0 Å². The van der Waals surface area contributed by atoms with Gasteiger partial charge in [0.05, 0.1) is 6.61 Å². The van der Waals surface area contributed by atoms with E-state index >= 15 is 0 Å². The predicted molar refractivity (Wildman–Crippen MR) is 125 cm³/mol. The minimum Gasteiger partial charge on any atom is -0.494 e. The zero-order valence-electron chi connectivity index (χ0n) is 17.8.